The largest absolute Gasteiger partial charge is 0.392 e. The van der Waals surface area contributed by atoms with E-state index in [1.165, 1.54) is 51.5 Å². The Balaban J connectivity index is 1.97. The van der Waals surface area contributed by atoms with Gasteiger partial charge < -0.3 is 5.73 Å². The van der Waals surface area contributed by atoms with Gasteiger partial charge in [0.15, 0.2) is 0 Å². The van der Waals surface area contributed by atoms with Gasteiger partial charge in [-0.3, -0.25) is 4.90 Å². The fourth-order valence-electron chi connectivity index (χ4n) is 3.47. The Morgan fingerprint density at radius 3 is 2.81 bits per heavy atom. The van der Waals surface area contributed by atoms with Crippen molar-refractivity contribution in [2.45, 2.75) is 64.0 Å². The quantitative estimate of drug-likeness (QED) is 0.769. The van der Waals surface area contributed by atoms with Crippen molar-refractivity contribution >= 4 is 17.2 Å². The van der Waals surface area contributed by atoms with E-state index in [0.717, 1.165) is 16.9 Å². The van der Waals surface area contributed by atoms with Crippen LogP contribution in [0.5, 0.6) is 0 Å². The first-order valence-electron chi connectivity index (χ1n) is 6.77. The van der Waals surface area contributed by atoms with Gasteiger partial charge in [-0.1, -0.05) is 38.4 Å². The number of thiocarbonyl (C=S) groups is 1. The smallest absolute Gasteiger partial charge is 0.0902 e. The third-order valence-electron chi connectivity index (χ3n) is 4.42. The van der Waals surface area contributed by atoms with Crippen molar-refractivity contribution in [3.63, 3.8) is 0 Å². The number of likely N-dealkylation sites (tertiary alicyclic amines) is 1. The molecule has 1 aliphatic heterocycles. The van der Waals surface area contributed by atoms with Gasteiger partial charge in [-0.15, -0.1) is 0 Å². The van der Waals surface area contributed by atoms with Crippen LogP contribution >= 0.6 is 12.2 Å². The van der Waals surface area contributed by atoms with Crippen LogP contribution in [0.2, 0.25) is 0 Å². The molecule has 1 aliphatic carbocycles. The van der Waals surface area contributed by atoms with Gasteiger partial charge >= 0.3 is 0 Å². The summed E-state index contributed by atoms with van der Waals surface area (Å²) >= 11 is 5.20. The van der Waals surface area contributed by atoms with E-state index < -0.39 is 0 Å². The van der Waals surface area contributed by atoms with E-state index >= 15 is 0 Å². The molecule has 0 aromatic rings. The van der Waals surface area contributed by atoms with Crippen LogP contribution in [0.1, 0.15) is 51.9 Å². The molecule has 2 rings (SSSR count). The minimum Gasteiger partial charge on any atom is -0.392 e. The van der Waals surface area contributed by atoms with Crippen LogP contribution in [-0.4, -0.2) is 28.5 Å². The molecule has 0 amide bonds. The summed E-state index contributed by atoms with van der Waals surface area (Å²) in [5, 5.41) is 0. The van der Waals surface area contributed by atoms with E-state index in [2.05, 4.69) is 11.8 Å². The average Bonchev–Trinajstić information content (AvgIpc) is 2.78. The van der Waals surface area contributed by atoms with E-state index in [9.17, 15) is 0 Å². The molecule has 2 nitrogen and oxygen atoms in total. The molecule has 3 atom stereocenters. The van der Waals surface area contributed by atoms with Crippen molar-refractivity contribution in [2.75, 3.05) is 6.54 Å². The molecule has 3 unspecified atom stereocenters. The molecule has 16 heavy (non-hydrogen) atoms. The predicted octanol–water partition coefficient (Wildman–Crippen LogP) is 2.71. The number of hydrogen-bond donors (Lipinski definition) is 1. The standard InChI is InChI=1S/C13H24N2S/c1-2-10-5-3-6-11(9-10)15-8-4-7-12(15)13(14)16/h10-12H,2-9H2,1H3,(H2,14,16). The van der Waals surface area contributed by atoms with Crippen molar-refractivity contribution in [3.8, 4) is 0 Å². The number of nitrogens with two attached hydrogens (primary N) is 1. The van der Waals surface area contributed by atoms with Gasteiger partial charge in [0.25, 0.3) is 0 Å². The molecule has 2 fully saturated rings. The van der Waals surface area contributed by atoms with Crippen LogP contribution < -0.4 is 5.73 Å². The van der Waals surface area contributed by atoms with Gasteiger partial charge in [0.05, 0.1) is 11.0 Å². The number of rotatable bonds is 3. The van der Waals surface area contributed by atoms with E-state index in [1.54, 1.807) is 0 Å². The highest BCUT2D eigenvalue weighted by Crippen LogP contribution is 2.33. The molecular formula is C13H24N2S. The minimum atomic E-state index is 0.399. The zero-order valence-corrected chi connectivity index (χ0v) is 11.1. The Bertz CT molecular complexity index is 254. The first-order chi connectivity index (χ1) is 7.72. The second kappa shape index (κ2) is 5.46. The lowest BCUT2D eigenvalue weighted by molar-refractivity contribution is 0.139. The summed E-state index contributed by atoms with van der Waals surface area (Å²) in [6.45, 7) is 3.53. The lowest BCUT2D eigenvalue weighted by Crippen LogP contribution is -2.46. The molecule has 0 aromatic heterocycles. The van der Waals surface area contributed by atoms with Crippen LogP contribution in [0.3, 0.4) is 0 Å². The summed E-state index contributed by atoms with van der Waals surface area (Å²) in [4.78, 5) is 3.32. The summed E-state index contributed by atoms with van der Waals surface area (Å²) in [6.07, 6.45) is 9.34. The lowest BCUT2D eigenvalue weighted by atomic mass is 9.83. The SMILES string of the molecule is CCC1CCCC(N2CCCC2C(N)=S)C1. The van der Waals surface area contributed by atoms with Gasteiger partial charge in [0.1, 0.15) is 0 Å². The van der Waals surface area contributed by atoms with Gasteiger partial charge in [-0.25, -0.2) is 0 Å². The maximum atomic E-state index is 5.85. The van der Waals surface area contributed by atoms with Crippen molar-refractivity contribution in [1.29, 1.82) is 0 Å². The summed E-state index contributed by atoms with van der Waals surface area (Å²) in [5.74, 6) is 0.936. The highest BCUT2D eigenvalue weighted by molar-refractivity contribution is 7.80. The summed E-state index contributed by atoms with van der Waals surface area (Å²) < 4.78 is 0. The fourth-order valence-corrected chi connectivity index (χ4v) is 3.72. The average molecular weight is 240 g/mol. The van der Waals surface area contributed by atoms with E-state index in [0.29, 0.717) is 6.04 Å². The molecule has 1 saturated heterocycles. The van der Waals surface area contributed by atoms with Crippen molar-refractivity contribution in [3.05, 3.63) is 0 Å². The molecule has 0 radical (unpaired) electrons. The Morgan fingerprint density at radius 1 is 1.31 bits per heavy atom. The maximum Gasteiger partial charge on any atom is 0.0902 e. The minimum absolute atomic E-state index is 0.399. The highest BCUT2D eigenvalue weighted by atomic mass is 32.1. The number of nitrogens with zero attached hydrogens (tertiary/aromatic N) is 1. The zero-order valence-electron chi connectivity index (χ0n) is 10.3. The topological polar surface area (TPSA) is 29.3 Å². The molecule has 2 N–H and O–H groups in total. The van der Waals surface area contributed by atoms with Crippen molar-refractivity contribution in [2.24, 2.45) is 11.7 Å². The van der Waals surface area contributed by atoms with Gasteiger partial charge in [-0.2, -0.15) is 0 Å². The molecule has 0 aromatic carbocycles. The van der Waals surface area contributed by atoms with E-state index in [-0.39, 0.29) is 0 Å². The van der Waals surface area contributed by atoms with Crippen molar-refractivity contribution < 1.29 is 0 Å². The summed E-state index contributed by atoms with van der Waals surface area (Å²) in [6, 6.07) is 1.16. The third-order valence-corrected chi connectivity index (χ3v) is 4.70. The van der Waals surface area contributed by atoms with Crippen LogP contribution in [0.15, 0.2) is 0 Å². The molecule has 0 bridgehead atoms. The highest BCUT2D eigenvalue weighted by Gasteiger charge is 2.34. The van der Waals surface area contributed by atoms with Crippen LogP contribution in [-0.2, 0) is 0 Å². The second-order valence-corrected chi connectivity index (χ2v) is 5.86. The maximum absolute atomic E-state index is 5.85. The van der Waals surface area contributed by atoms with Gasteiger partial charge in [0.2, 0.25) is 0 Å². The monoisotopic (exact) mass is 240 g/mol. The Hall–Kier alpha value is -0.150. The molecule has 92 valence electrons. The molecule has 2 aliphatic rings. The molecule has 3 heteroatoms. The van der Waals surface area contributed by atoms with Gasteiger partial charge in [-0.05, 0) is 38.1 Å². The molecule has 1 saturated carbocycles. The second-order valence-electron chi connectivity index (χ2n) is 5.39. The normalized spacial score (nSPS) is 36.4. The third kappa shape index (κ3) is 2.57. The first-order valence-corrected chi connectivity index (χ1v) is 7.18. The van der Waals surface area contributed by atoms with Crippen LogP contribution in [0, 0.1) is 5.92 Å². The Kier molecular flexibility index (Phi) is 4.20. The molecule has 0 spiro atoms. The van der Waals surface area contributed by atoms with Crippen molar-refractivity contribution in [1.82, 2.24) is 4.90 Å². The molecule has 1 heterocycles. The Labute approximate surface area is 105 Å². The van der Waals surface area contributed by atoms with Gasteiger partial charge in [0, 0.05) is 6.04 Å². The van der Waals surface area contributed by atoms with E-state index in [4.69, 9.17) is 18.0 Å². The fraction of sp³-hybridized carbons (Fsp3) is 0.923. The molecular weight excluding hydrogens is 216 g/mol. The summed E-state index contributed by atoms with van der Waals surface area (Å²) in [5.41, 5.74) is 5.85. The predicted molar refractivity (Wildman–Crippen MR) is 72.6 cm³/mol. The number of hydrogen-bond acceptors (Lipinski definition) is 2. The lowest BCUT2D eigenvalue weighted by Gasteiger charge is -2.38. The van der Waals surface area contributed by atoms with Crippen LogP contribution in [0.4, 0.5) is 0 Å². The summed E-state index contributed by atoms with van der Waals surface area (Å²) in [7, 11) is 0. The van der Waals surface area contributed by atoms with Crippen LogP contribution in [0.25, 0.3) is 0 Å². The zero-order chi connectivity index (χ0) is 11.5. The van der Waals surface area contributed by atoms with E-state index in [1.807, 2.05) is 0 Å². The Morgan fingerprint density at radius 2 is 2.12 bits per heavy atom. The first kappa shape index (κ1) is 12.3.